The maximum absolute atomic E-state index is 4.85. The van der Waals surface area contributed by atoms with Gasteiger partial charge in [-0.05, 0) is 40.5 Å². The Bertz CT molecular complexity index is 1250. The number of nitrogens with zero attached hydrogens (tertiary/aromatic N) is 6. The zero-order valence-electron chi connectivity index (χ0n) is 17.3. The van der Waals surface area contributed by atoms with E-state index >= 15 is 0 Å². The number of rotatable bonds is 7. The third-order valence-electron chi connectivity index (χ3n) is 5.32. The van der Waals surface area contributed by atoms with E-state index in [0.29, 0.717) is 5.82 Å². The van der Waals surface area contributed by atoms with Crippen LogP contribution in [0.25, 0.3) is 28.3 Å². The number of benzene rings is 2. The molecule has 7 nitrogen and oxygen atoms in total. The van der Waals surface area contributed by atoms with E-state index in [0.717, 1.165) is 47.7 Å². The lowest BCUT2D eigenvalue weighted by atomic mass is 9.98. The SMILES string of the molecule is CCCc1nc(-n2cccc2)cn1Cc1ccc(-c2ccccc2-c2nn[nH]n2)cc1. The van der Waals surface area contributed by atoms with Gasteiger partial charge in [0.2, 0.25) is 5.82 Å². The molecule has 0 unspecified atom stereocenters. The highest BCUT2D eigenvalue weighted by molar-refractivity contribution is 5.80. The van der Waals surface area contributed by atoms with Crippen LogP contribution in [0.15, 0.2) is 79.3 Å². The van der Waals surface area contributed by atoms with Crippen LogP contribution in [-0.2, 0) is 13.0 Å². The molecule has 3 heterocycles. The van der Waals surface area contributed by atoms with Crippen LogP contribution in [0.1, 0.15) is 24.7 Å². The predicted molar refractivity (Wildman–Crippen MR) is 120 cm³/mol. The average molecular weight is 409 g/mol. The highest BCUT2D eigenvalue weighted by Crippen LogP contribution is 2.29. The van der Waals surface area contributed by atoms with Gasteiger partial charge in [-0.2, -0.15) is 5.21 Å². The maximum Gasteiger partial charge on any atom is 0.205 e. The minimum Gasteiger partial charge on any atom is -0.328 e. The van der Waals surface area contributed by atoms with Gasteiger partial charge in [0.05, 0.1) is 0 Å². The number of H-pyrrole nitrogens is 1. The van der Waals surface area contributed by atoms with Crippen molar-refractivity contribution in [2.24, 2.45) is 0 Å². The van der Waals surface area contributed by atoms with Crippen molar-refractivity contribution in [3.05, 3.63) is 90.6 Å². The normalized spacial score (nSPS) is 11.1. The summed E-state index contributed by atoms with van der Waals surface area (Å²) in [7, 11) is 0. The Labute approximate surface area is 180 Å². The third kappa shape index (κ3) is 3.90. The first kappa shape index (κ1) is 19.0. The maximum atomic E-state index is 4.85. The van der Waals surface area contributed by atoms with E-state index in [1.807, 2.05) is 47.3 Å². The van der Waals surface area contributed by atoms with Gasteiger partial charge in [0.1, 0.15) is 5.82 Å². The molecular formula is C24H23N7. The lowest BCUT2D eigenvalue weighted by Crippen LogP contribution is -2.04. The summed E-state index contributed by atoms with van der Waals surface area (Å²) < 4.78 is 4.30. The number of aromatic nitrogens is 7. The van der Waals surface area contributed by atoms with Crippen LogP contribution in [0.3, 0.4) is 0 Å². The van der Waals surface area contributed by atoms with Crippen LogP contribution >= 0.6 is 0 Å². The highest BCUT2D eigenvalue weighted by atomic mass is 15.5. The molecule has 3 aromatic heterocycles. The number of nitrogens with one attached hydrogen (secondary N) is 1. The van der Waals surface area contributed by atoms with Gasteiger partial charge in [-0.15, -0.1) is 10.2 Å². The topological polar surface area (TPSA) is 77.2 Å². The standard InChI is InChI=1S/C24H23N7/c1-2-7-22-25-23(30-14-5-6-15-30)17-31(22)16-18-10-12-19(13-11-18)20-8-3-4-9-21(20)24-26-28-29-27-24/h3-6,8-15,17H,2,7,16H2,1H3,(H,26,27,28,29). The molecule has 0 spiro atoms. The summed E-state index contributed by atoms with van der Waals surface area (Å²) in [4.78, 5) is 4.85. The van der Waals surface area contributed by atoms with Crippen molar-refractivity contribution >= 4 is 0 Å². The van der Waals surface area contributed by atoms with Gasteiger partial charge in [-0.25, -0.2) is 4.98 Å². The second kappa shape index (κ2) is 8.39. The summed E-state index contributed by atoms with van der Waals surface area (Å²) >= 11 is 0. The van der Waals surface area contributed by atoms with Gasteiger partial charge in [0, 0.05) is 37.1 Å². The quantitative estimate of drug-likeness (QED) is 0.429. The van der Waals surface area contributed by atoms with Gasteiger partial charge in [-0.1, -0.05) is 55.5 Å². The summed E-state index contributed by atoms with van der Waals surface area (Å²) in [6.07, 6.45) is 8.20. The summed E-state index contributed by atoms with van der Waals surface area (Å²) in [5, 5.41) is 14.5. The lowest BCUT2D eigenvalue weighted by Gasteiger charge is -2.10. The van der Waals surface area contributed by atoms with Crippen LogP contribution < -0.4 is 0 Å². The van der Waals surface area contributed by atoms with Crippen molar-refractivity contribution in [1.29, 1.82) is 0 Å². The molecule has 0 radical (unpaired) electrons. The molecule has 0 atom stereocenters. The Morgan fingerprint density at radius 3 is 2.39 bits per heavy atom. The lowest BCUT2D eigenvalue weighted by molar-refractivity contribution is 0.705. The fourth-order valence-corrected chi connectivity index (χ4v) is 3.80. The number of aromatic amines is 1. The van der Waals surface area contributed by atoms with E-state index < -0.39 is 0 Å². The molecule has 0 saturated carbocycles. The zero-order chi connectivity index (χ0) is 21.0. The first-order valence-electron chi connectivity index (χ1n) is 10.4. The van der Waals surface area contributed by atoms with Crippen molar-refractivity contribution in [2.45, 2.75) is 26.3 Å². The van der Waals surface area contributed by atoms with Crippen molar-refractivity contribution in [3.8, 4) is 28.3 Å². The molecule has 0 fully saturated rings. The van der Waals surface area contributed by atoms with Crippen LogP contribution in [0, 0.1) is 0 Å². The molecule has 154 valence electrons. The molecule has 0 bridgehead atoms. The predicted octanol–water partition coefficient (Wildman–Crippen LogP) is 4.52. The van der Waals surface area contributed by atoms with E-state index in [4.69, 9.17) is 4.98 Å². The minimum absolute atomic E-state index is 0.597. The molecule has 0 aliphatic rings. The van der Waals surface area contributed by atoms with Gasteiger partial charge < -0.3 is 9.13 Å². The first-order valence-corrected chi connectivity index (χ1v) is 10.4. The molecule has 7 heteroatoms. The van der Waals surface area contributed by atoms with Gasteiger partial charge in [0.15, 0.2) is 5.82 Å². The van der Waals surface area contributed by atoms with E-state index in [9.17, 15) is 0 Å². The fourth-order valence-electron chi connectivity index (χ4n) is 3.80. The van der Waals surface area contributed by atoms with E-state index in [1.54, 1.807) is 0 Å². The van der Waals surface area contributed by atoms with Crippen LogP contribution in [-0.4, -0.2) is 34.7 Å². The Kier molecular flexibility index (Phi) is 5.14. The van der Waals surface area contributed by atoms with Gasteiger partial charge in [0.25, 0.3) is 0 Å². The second-order valence-electron chi connectivity index (χ2n) is 7.46. The molecular weight excluding hydrogens is 386 g/mol. The molecule has 5 aromatic rings. The van der Waals surface area contributed by atoms with E-state index in [2.05, 4.69) is 68.6 Å². The minimum atomic E-state index is 0.597. The number of tetrazole rings is 1. The highest BCUT2D eigenvalue weighted by Gasteiger charge is 2.12. The van der Waals surface area contributed by atoms with Crippen molar-refractivity contribution in [2.75, 3.05) is 0 Å². The Morgan fingerprint density at radius 2 is 1.68 bits per heavy atom. The largest absolute Gasteiger partial charge is 0.328 e. The van der Waals surface area contributed by atoms with Crippen LogP contribution in [0.4, 0.5) is 0 Å². The smallest absolute Gasteiger partial charge is 0.205 e. The third-order valence-corrected chi connectivity index (χ3v) is 5.32. The Morgan fingerprint density at radius 1 is 0.903 bits per heavy atom. The number of aryl methyl sites for hydroxylation is 1. The molecule has 0 aliphatic carbocycles. The molecule has 5 rings (SSSR count). The summed E-state index contributed by atoms with van der Waals surface area (Å²) in [5.41, 5.74) is 4.39. The number of imidazole rings is 1. The molecule has 0 amide bonds. The summed E-state index contributed by atoms with van der Waals surface area (Å²) in [5.74, 6) is 2.66. The molecule has 2 aromatic carbocycles. The van der Waals surface area contributed by atoms with Crippen molar-refractivity contribution in [3.63, 3.8) is 0 Å². The second-order valence-corrected chi connectivity index (χ2v) is 7.46. The molecule has 31 heavy (non-hydrogen) atoms. The Hall–Kier alpha value is -4.00. The van der Waals surface area contributed by atoms with Crippen molar-refractivity contribution < 1.29 is 0 Å². The Balaban J connectivity index is 1.42. The zero-order valence-corrected chi connectivity index (χ0v) is 17.3. The van der Waals surface area contributed by atoms with Gasteiger partial charge >= 0.3 is 0 Å². The van der Waals surface area contributed by atoms with Crippen LogP contribution in [0.5, 0.6) is 0 Å². The molecule has 0 saturated heterocycles. The van der Waals surface area contributed by atoms with E-state index in [-0.39, 0.29) is 0 Å². The summed E-state index contributed by atoms with van der Waals surface area (Å²) in [6.45, 7) is 2.97. The van der Waals surface area contributed by atoms with E-state index in [1.165, 1.54) is 5.56 Å². The van der Waals surface area contributed by atoms with Gasteiger partial charge in [-0.3, -0.25) is 0 Å². The molecule has 0 aliphatic heterocycles. The fraction of sp³-hybridized carbons (Fsp3) is 0.167. The first-order chi connectivity index (χ1) is 15.3. The average Bonchev–Trinajstić information content (AvgIpc) is 3.57. The van der Waals surface area contributed by atoms with Crippen molar-refractivity contribution in [1.82, 2.24) is 34.7 Å². The number of hydrogen-bond donors (Lipinski definition) is 1. The monoisotopic (exact) mass is 409 g/mol. The summed E-state index contributed by atoms with van der Waals surface area (Å²) in [6, 6.07) is 20.8. The molecule has 1 N–H and O–H groups in total. The number of hydrogen-bond acceptors (Lipinski definition) is 4. The van der Waals surface area contributed by atoms with Crippen LogP contribution in [0.2, 0.25) is 0 Å².